The summed E-state index contributed by atoms with van der Waals surface area (Å²) in [5.74, 6) is 0.552. The summed E-state index contributed by atoms with van der Waals surface area (Å²) in [7, 11) is 0. The number of hydrogen-bond acceptors (Lipinski definition) is 4. The van der Waals surface area contributed by atoms with Crippen molar-refractivity contribution in [2.75, 3.05) is 6.54 Å². The molecule has 2 aromatic rings. The molecule has 1 aliphatic carbocycles. The molecule has 2 aromatic heterocycles. The number of carbonyl (C=O) groups is 1. The highest BCUT2D eigenvalue weighted by atomic mass is 16.6. The molecule has 0 atom stereocenters. The minimum atomic E-state index is -0.547. The zero-order chi connectivity index (χ0) is 19.2. The third-order valence-corrected chi connectivity index (χ3v) is 5.53. The van der Waals surface area contributed by atoms with Gasteiger partial charge in [0.15, 0.2) is 0 Å². The van der Waals surface area contributed by atoms with Crippen molar-refractivity contribution in [2.24, 2.45) is 5.92 Å². The van der Waals surface area contributed by atoms with Crippen molar-refractivity contribution in [3.05, 3.63) is 39.8 Å². The Morgan fingerprint density at radius 1 is 1.30 bits per heavy atom. The van der Waals surface area contributed by atoms with Crippen LogP contribution in [-0.4, -0.2) is 32.7 Å². The van der Waals surface area contributed by atoms with Gasteiger partial charge in [-0.2, -0.15) is 0 Å². The van der Waals surface area contributed by atoms with Gasteiger partial charge in [0.1, 0.15) is 11.2 Å². The highest BCUT2D eigenvalue weighted by Gasteiger charge is 2.30. The molecule has 1 saturated carbocycles. The first-order valence-corrected chi connectivity index (χ1v) is 9.80. The molecule has 0 bridgehead atoms. The third-order valence-electron chi connectivity index (χ3n) is 5.53. The maximum Gasteiger partial charge on any atom is 0.410 e. The second kappa shape index (κ2) is 6.66. The van der Waals surface area contributed by atoms with Gasteiger partial charge in [-0.15, -0.1) is 0 Å². The summed E-state index contributed by atoms with van der Waals surface area (Å²) in [6, 6.07) is 3.96. The average Bonchev–Trinajstić information content (AvgIpc) is 2.58. The quantitative estimate of drug-likeness (QED) is 0.813. The molecule has 3 heterocycles. The van der Waals surface area contributed by atoms with Gasteiger partial charge in [-0.25, -0.2) is 9.78 Å². The Morgan fingerprint density at radius 2 is 2.07 bits per heavy atom. The minimum Gasteiger partial charge on any atom is -0.444 e. The summed E-state index contributed by atoms with van der Waals surface area (Å²) in [6.07, 6.45) is 5.62. The number of ether oxygens (including phenoxy) is 1. The van der Waals surface area contributed by atoms with Crippen LogP contribution in [0.3, 0.4) is 0 Å². The lowest BCUT2D eigenvalue weighted by Crippen LogP contribution is -2.43. The van der Waals surface area contributed by atoms with Crippen LogP contribution in [0.5, 0.6) is 0 Å². The van der Waals surface area contributed by atoms with Crippen molar-refractivity contribution >= 4 is 17.1 Å². The van der Waals surface area contributed by atoms with Gasteiger partial charge >= 0.3 is 6.09 Å². The lowest BCUT2D eigenvalue weighted by molar-refractivity contribution is 0.0223. The van der Waals surface area contributed by atoms with E-state index in [0.29, 0.717) is 37.5 Å². The standard InChI is InChI=1S/C21H27N3O3/c1-21(2,3)27-20(26)23-11-9-15-16-8-5-10-22-18(16)24(12-14-6-4-7-14)19(25)17(15)13-23/h5,8,10,14H,4,6-7,9,11-13H2,1-3H3. The summed E-state index contributed by atoms with van der Waals surface area (Å²) in [4.78, 5) is 32.0. The number of nitrogens with zero attached hydrogens (tertiary/aromatic N) is 3. The lowest BCUT2D eigenvalue weighted by Gasteiger charge is -2.32. The molecule has 0 spiro atoms. The van der Waals surface area contributed by atoms with Gasteiger partial charge in [-0.1, -0.05) is 6.42 Å². The minimum absolute atomic E-state index is 0.00337. The number of aromatic nitrogens is 2. The van der Waals surface area contributed by atoms with E-state index in [-0.39, 0.29) is 11.7 Å². The number of pyridine rings is 2. The van der Waals surface area contributed by atoms with E-state index in [1.54, 1.807) is 11.1 Å². The molecular formula is C21H27N3O3. The zero-order valence-corrected chi connectivity index (χ0v) is 16.3. The van der Waals surface area contributed by atoms with E-state index in [1.807, 2.05) is 37.5 Å². The van der Waals surface area contributed by atoms with Gasteiger partial charge in [0.2, 0.25) is 0 Å². The Labute approximate surface area is 159 Å². The number of hydrogen-bond donors (Lipinski definition) is 0. The maximum absolute atomic E-state index is 13.3. The van der Waals surface area contributed by atoms with Crippen LogP contribution in [0.2, 0.25) is 0 Å². The molecule has 4 rings (SSSR count). The maximum atomic E-state index is 13.3. The second-order valence-electron chi connectivity index (χ2n) is 8.70. The van der Waals surface area contributed by atoms with Crippen LogP contribution in [0.15, 0.2) is 23.1 Å². The molecule has 144 valence electrons. The number of rotatable bonds is 2. The van der Waals surface area contributed by atoms with Gasteiger partial charge in [0, 0.05) is 30.2 Å². The molecule has 1 amide bonds. The van der Waals surface area contributed by atoms with Crippen molar-refractivity contribution in [3.8, 4) is 0 Å². The monoisotopic (exact) mass is 369 g/mol. The number of fused-ring (bicyclic) bond motifs is 3. The fourth-order valence-electron chi connectivity index (χ4n) is 3.95. The Morgan fingerprint density at radius 3 is 2.74 bits per heavy atom. The molecule has 1 fully saturated rings. The molecule has 0 N–H and O–H groups in total. The molecule has 27 heavy (non-hydrogen) atoms. The first kappa shape index (κ1) is 18.0. The Bertz CT molecular complexity index is 938. The molecular weight excluding hydrogens is 342 g/mol. The van der Waals surface area contributed by atoms with Crippen LogP contribution in [0.4, 0.5) is 4.79 Å². The molecule has 0 unspecified atom stereocenters. The van der Waals surface area contributed by atoms with Gasteiger partial charge in [-0.3, -0.25) is 9.36 Å². The lowest BCUT2D eigenvalue weighted by atomic mass is 9.85. The molecule has 0 aromatic carbocycles. The summed E-state index contributed by atoms with van der Waals surface area (Å²) in [5.41, 5.74) is 1.98. The van der Waals surface area contributed by atoms with Crippen molar-refractivity contribution in [1.82, 2.24) is 14.5 Å². The smallest absolute Gasteiger partial charge is 0.410 e. The van der Waals surface area contributed by atoms with E-state index >= 15 is 0 Å². The molecule has 6 nitrogen and oxygen atoms in total. The van der Waals surface area contributed by atoms with Crippen LogP contribution in [0.1, 0.15) is 51.2 Å². The number of amides is 1. The van der Waals surface area contributed by atoms with Crippen LogP contribution < -0.4 is 5.56 Å². The second-order valence-corrected chi connectivity index (χ2v) is 8.70. The highest BCUT2D eigenvalue weighted by molar-refractivity contribution is 5.81. The molecule has 1 aliphatic heterocycles. The molecule has 0 radical (unpaired) electrons. The first-order chi connectivity index (χ1) is 12.8. The number of carbonyl (C=O) groups excluding carboxylic acids is 1. The van der Waals surface area contributed by atoms with Crippen molar-refractivity contribution in [1.29, 1.82) is 0 Å². The summed E-state index contributed by atoms with van der Waals surface area (Å²) < 4.78 is 7.34. The summed E-state index contributed by atoms with van der Waals surface area (Å²) in [5, 5.41) is 1.04. The van der Waals surface area contributed by atoms with Crippen molar-refractivity contribution in [2.45, 2.75) is 65.1 Å². The zero-order valence-electron chi connectivity index (χ0n) is 16.3. The van der Waals surface area contributed by atoms with E-state index in [0.717, 1.165) is 16.6 Å². The first-order valence-electron chi connectivity index (χ1n) is 9.80. The Balaban J connectivity index is 1.74. The van der Waals surface area contributed by atoms with E-state index in [9.17, 15) is 9.59 Å². The van der Waals surface area contributed by atoms with Crippen LogP contribution in [0, 0.1) is 5.92 Å². The molecule has 2 aliphatic rings. The SMILES string of the molecule is CC(C)(C)OC(=O)N1CCc2c(c(=O)n(CC3CCC3)c3ncccc23)C1. The van der Waals surface area contributed by atoms with Crippen LogP contribution in [0.25, 0.3) is 11.0 Å². The van der Waals surface area contributed by atoms with Crippen LogP contribution in [-0.2, 0) is 24.2 Å². The fourth-order valence-corrected chi connectivity index (χ4v) is 3.95. The average molecular weight is 369 g/mol. The van der Waals surface area contributed by atoms with Gasteiger partial charge in [0.25, 0.3) is 5.56 Å². The predicted molar refractivity (Wildman–Crippen MR) is 104 cm³/mol. The summed E-state index contributed by atoms with van der Waals surface area (Å²) >= 11 is 0. The normalized spacial score (nSPS) is 17.5. The van der Waals surface area contributed by atoms with E-state index < -0.39 is 5.60 Å². The fraction of sp³-hybridized carbons (Fsp3) is 0.571. The van der Waals surface area contributed by atoms with E-state index in [4.69, 9.17) is 4.74 Å². The Kier molecular flexibility index (Phi) is 4.44. The van der Waals surface area contributed by atoms with Crippen LogP contribution >= 0.6 is 0 Å². The van der Waals surface area contributed by atoms with Crippen molar-refractivity contribution < 1.29 is 9.53 Å². The highest BCUT2D eigenvalue weighted by Crippen LogP contribution is 2.30. The topological polar surface area (TPSA) is 64.4 Å². The predicted octanol–water partition coefficient (Wildman–Crippen LogP) is 3.49. The summed E-state index contributed by atoms with van der Waals surface area (Å²) in [6.45, 7) is 7.14. The molecule has 6 heteroatoms. The molecule has 0 saturated heterocycles. The van der Waals surface area contributed by atoms with E-state index in [1.165, 1.54) is 19.3 Å². The van der Waals surface area contributed by atoms with Gasteiger partial charge in [0.05, 0.1) is 6.54 Å². The van der Waals surface area contributed by atoms with Crippen molar-refractivity contribution in [3.63, 3.8) is 0 Å². The van der Waals surface area contributed by atoms with E-state index in [2.05, 4.69) is 4.98 Å². The third kappa shape index (κ3) is 3.45. The Hall–Kier alpha value is -2.37. The van der Waals surface area contributed by atoms with Gasteiger partial charge in [-0.05, 0) is 63.6 Å². The van der Waals surface area contributed by atoms with Gasteiger partial charge < -0.3 is 9.64 Å². The largest absolute Gasteiger partial charge is 0.444 e.